The third-order valence-corrected chi connectivity index (χ3v) is 3.21. The Balaban J connectivity index is 1.99. The molecule has 1 N–H and O–H groups in total. The van der Waals surface area contributed by atoms with Crippen molar-refractivity contribution in [3.63, 3.8) is 0 Å². The average Bonchev–Trinajstić information content (AvgIpc) is 2.88. The first-order valence-corrected chi connectivity index (χ1v) is 6.58. The first-order chi connectivity index (χ1) is 9.22. The van der Waals surface area contributed by atoms with Crippen molar-refractivity contribution in [3.8, 4) is 0 Å². The van der Waals surface area contributed by atoms with E-state index in [0.29, 0.717) is 11.7 Å². The summed E-state index contributed by atoms with van der Waals surface area (Å²) in [6, 6.07) is 0. The van der Waals surface area contributed by atoms with Crippen LogP contribution in [0.1, 0.15) is 30.1 Å². The number of carboxylic acid groups (broad SMARTS) is 1. The Kier molecular flexibility index (Phi) is 4.68. The van der Waals surface area contributed by atoms with Gasteiger partial charge in [0.25, 0.3) is 0 Å². The van der Waals surface area contributed by atoms with Crippen molar-refractivity contribution in [2.75, 3.05) is 31.2 Å². The summed E-state index contributed by atoms with van der Waals surface area (Å²) in [5, 5.41) is 9.13. The zero-order chi connectivity index (χ0) is 13.7. The minimum Gasteiger partial charge on any atom is -0.477 e. The molecule has 2 heterocycles. The minimum atomic E-state index is -0.985. The molecule has 1 aromatic rings. The smallest absolute Gasteiger partial charge is 0.341 e. The van der Waals surface area contributed by atoms with E-state index in [2.05, 4.69) is 16.9 Å². The van der Waals surface area contributed by atoms with E-state index in [-0.39, 0.29) is 5.56 Å². The maximum Gasteiger partial charge on any atom is 0.341 e. The number of hydrogen-bond acceptors (Lipinski definition) is 5. The quantitative estimate of drug-likeness (QED) is 0.784. The predicted molar refractivity (Wildman–Crippen MR) is 70.4 cm³/mol. The van der Waals surface area contributed by atoms with Crippen LogP contribution in [-0.2, 0) is 4.74 Å². The van der Waals surface area contributed by atoms with E-state index < -0.39 is 5.97 Å². The Hall–Kier alpha value is -1.69. The standard InChI is InChI=1S/C13H19N3O3/c1-2-5-19-8-10-3-4-16(7-10)12-11(13(17)18)6-14-9-15-12/h6,9-10H,2-5,7-8H2,1H3,(H,17,18)/t10-/m0/s1. The summed E-state index contributed by atoms with van der Waals surface area (Å²) in [6.07, 6.45) is 4.77. The molecule has 6 heteroatoms. The van der Waals surface area contributed by atoms with E-state index in [1.165, 1.54) is 12.5 Å². The molecule has 1 fully saturated rings. The second-order valence-corrected chi connectivity index (χ2v) is 4.74. The fraction of sp³-hybridized carbons (Fsp3) is 0.615. The van der Waals surface area contributed by atoms with Crippen molar-refractivity contribution in [1.82, 2.24) is 9.97 Å². The van der Waals surface area contributed by atoms with Gasteiger partial charge in [-0.25, -0.2) is 14.8 Å². The fourth-order valence-electron chi connectivity index (χ4n) is 2.28. The van der Waals surface area contributed by atoms with Crippen molar-refractivity contribution < 1.29 is 14.6 Å². The molecule has 1 atom stereocenters. The molecule has 6 nitrogen and oxygen atoms in total. The molecular formula is C13H19N3O3. The zero-order valence-corrected chi connectivity index (χ0v) is 11.1. The molecule has 19 heavy (non-hydrogen) atoms. The maximum atomic E-state index is 11.1. The Morgan fingerprint density at radius 3 is 3.21 bits per heavy atom. The minimum absolute atomic E-state index is 0.164. The van der Waals surface area contributed by atoms with Crippen molar-refractivity contribution in [2.24, 2.45) is 5.92 Å². The van der Waals surface area contributed by atoms with Crippen LogP contribution in [-0.4, -0.2) is 47.3 Å². The average molecular weight is 265 g/mol. The van der Waals surface area contributed by atoms with Gasteiger partial charge in [-0.3, -0.25) is 0 Å². The van der Waals surface area contributed by atoms with Gasteiger partial charge in [0, 0.05) is 31.8 Å². The molecular weight excluding hydrogens is 246 g/mol. The second-order valence-electron chi connectivity index (χ2n) is 4.74. The Morgan fingerprint density at radius 1 is 1.63 bits per heavy atom. The third kappa shape index (κ3) is 3.41. The Morgan fingerprint density at radius 2 is 2.47 bits per heavy atom. The summed E-state index contributed by atoms with van der Waals surface area (Å²) in [6.45, 7) is 5.21. The number of anilines is 1. The van der Waals surface area contributed by atoms with Crippen LogP contribution in [0.25, 0.3) is 0 Å². The van der Waals surface area contributed by atoms with E-state index >= 15 is 0 Å². The summed E-state index contributed by atoms with van der Waals surface area (Å²) in [4.78, 5) is 21.0. The molecule has 0 amide bonds. The van der Waals surface area contributed by atoms with Gasteiger partial charge in [0.2, 0.25) is 0 Å². The van der Waals surface area contributed by atoms with Gasteiger partial charge >= 0.3 is 5.97 Å². The molecule has 0 bridgehead atoms. The summed E-state index contributed by atoms with van der Waals surface area (Å²) in [7, 11) is 0. The lowest BCUT2D eigenvalue weighted by atomic mass is 10.1. The molecule has 2 rings (SSSR count). The van der Waals surface area contributed by atoms with Gasteiger partial charge in [-0.1, -0.05) is 6.92 Å². The molecule has 104 valence electrons. The van der Waals surface area contributed by atoms with Gasteiger partial charge in [0.1, 0.15) is 17.7 Å². The highest BCUT2D eigenvalue weighted by molar-refractivity contribution is 5.92. The monoisotopic (exact) mass is 265 g/mol. The zero-order valence-electron chi connectivity index (χ0n) is 11.1. The lowest BCUT2D eigenvalue weighted by Gasteiger charge is -2.18. The molecule has 0 spiro atoms. The van der Waals surface area contributed by atoms with Crippen molar-refractivity contribution in [3.05, 3.63) is 18.1 Å². The summed E-state index contributed by atoms with van der Waals surface area (Å²) < 4.78 is 5.55. The van der Waals surface area contributed by atoms with E-state index in [0.717, 1.165) is 39.1 Å². The van der Waals surface area contributed by atoms with Crippen molar-refractivity contribution in [2.45, 2.75) is 19.8 Å². The summed E-state index contributed by atoms with van der Waals surface area (Å²) >= 11 is 0. The van der Waals surface area contributed by atoms with E-state index in [1.54, 1.807) is 0 Å². The SMILES string of the molecule is CCCOC[C@H]1CCN(c2ncncc2C(=O)O)C1. The van der Waals surface area contributed by atoms with E-state index in [4.69, 9.17) is 9.84 Å². The van der Waals surface area contributed by atoms with Crippen LogP contribution in [0.3, 0.4) is 0 Å². The lowest BCUT2D eigenvalue weighted by Crippen LogP contribution is -2.24. The van der Waals surface area contributed by atoms with Gasteiger partial charge in [-0.15, -0.1) is 0 Å². The highest BCUT2D eigenvalue weighted by Crippen LogP contribution is 2.24. The lowest BCUT2D eigenvalue weighted by molar-refractivity contribution is 0.0696. The molecule has 1 aliphatic rings. The number of carboxylic acids is 1. The van der Waals surface area contributed by atoms with Crippen LogP contribution in [0.4, 0.5) is 5.82 Å². The predicted octanol–water partition coefficient (Wildman–Crippen LogP) is 1.43. The molecule has 0 radical (unpaired) electrons. The van der Waals surface area contributed by atoms with Gasteiger partial charge in [0.05, 0.1) is 6.61 Å². The van der Waals surface area contributed by atoms with Crippen LogP contribution >= 0.6 is 0 Å². The first kappa shape index (κ1) is 13.7. The van der Waals surface area contributed by atoms with Gasteiger partial charge in [0.15, 0.2) is 0 Å². The molecule has 0 saturated carbocycles. The molecule has 1 saturated heterocycles. The Bertz CT molecular complexity index is 439. The van der Waals surface area contributed by atoms with Gasteiger partial charge in [-0.2, -0.15) is 0 Å². The number of nitrogens with zero attached hydrogens (tertiary/aromatic N) is 3. The number of aromatic nitrogens is 2. The molecule has 0 aromatic carbocycles. The molecule has 1 aliphatic heterocycles. The number of carbonyl (C=O) groups is 1. The second kappa shape index (κ2) is 6.47. The number of aromatic carboxylic acids is 1. The summed E-state index contributed by atoms with van der Waals surface area (Å²) in [5.41, 5.74) is 0.164. The van der Waals surface area contributed by atoms with Gasteiger partial charge < -0.3 is 14.7 Å². The highest BCUT2D eigenvalue weighted by Gasteiger charge is 2.26. The normalized spacial score (nSPS) is 18.8. The van der Waals surface area contributed by atoms with Crippen molar-refractivity contribution in [1.29, 1.82) is 0 Å². The van der Waals surface area contributed by atoms with Crippen LogP contribution < -0.4 is 4.90 Å². The fourth-order valence-corrected chi connectivity index (χ4v) is 2.28. The van der Waals surface area contributed by atoms with Gasteiger partial charge in [-0.05, 0) is 12.8 Å². The first-order valence-electron chi connectivity index (χ1n) is 6.58. The van der Waals surface area contributed by atoms with Crippen LogP contribution in [0.15, 0.2) is 12.5 Å². The topological polar surface area (TPSA) is 75.5 Å². The van der Waals surface area contributed by atoms with Crippen molar-refractivity contribution >= 4 is 11.8 Å². The molecule has 0 aliphatic carbocycles. The maximum absolute atomic E-state index is 11.1. The largest absolute Gasteiger partial charge is 0.477 e. The number of ether oxygens (including phenoxy) is 1. The van der Waals surface area contributed by atoms with Crippen LogP contribution in [0, 0.1) is 5.92 Å². The highest BCUT2D eigenvalue weighted by atomic mass is 16.5. The molecule has 1 aromatic heterocycles. The number of hydrogen-bond donors (Lipinski definition) is 1. The third-order valence-electron chi connectivity index (χ3n) is 3.21. The Labute approximate surface area is 112 Å². The van der Waals surface area contributed by atoms with Crippen LogP contribution in [0.5, 0.6) is 0 Å². The summed E-state index contributed by atoms with van der Waals surface area (Å²) in [5.74, 6) is -0.0232. The number of rotatable bonds is 6. The van der Waals surface area contributed by atoms with Crippen LogP contribution in [0.2, 0.25) is 0 Å². The molecule has 0 unspecified atom stereocenters. The van der Waals surface area contributed by atoms with E-state index in [9.17, 15) is 4.79 Å². The van der Waals surface area contributed by atoms with E-state index in [1.807, 2.05) is 4.90 Å².